The molecule has 0 radical (unpaired) electrons. The maximum Gasteiger partial charge on any atom is 0.319 e. The van der Waals surface area contributed by atoms with Gasteiger partial charge < -0.3 is 10.6 Å². The maximum atomic E-state index is 12.1. The Bertz CT molecular complexity index is 877. The molecule has 0 unspecified atom stereocenters. The predicted octanol–water partition coefficient (Wildman–Crippen LogP) is 4.53. The minimum absolute atomic E-state index is 0.101. The number of amides is 2. The normalized spacial score (nSPS) is 11.2. The van der Waals surface area contributed by atoms with Crippen molar-refractivity contribution in [1.82, 2.24) is 15.1 Å². The summed E-state index contributed by atoms with van der Waals surface area (Å²) in [5, 5.41) is 10.3. The molecule has 0 spiro atoms. The number of hydrogen-bond acceptors (Lipinski definition) is 2. The molecule has 5 heteroatoms. The van der Waals surface area contributed by atoms with Crippen molar-refractivity contribution >= 4 is 11.7 Å². The van der Waals surface area contributed by atoms with Crippen molar-refractivity contribution in [3.8, 4) is 5.69 Å². The van der Waals surface area contributed by atoms with Crippen molar-refractivity contribution in [2.24, 2.45) is 0 Å². The van der Waals surface area contributed by atoms with Gasteiger partial charge in [0.15, 0.2) is 0 Å². The highest BCUT2D eigenvalue weighted by molar-refractivity contribution is 5.89. The van der Waals surface area contributed by atoms with Crippen LogP contribution < -0.4 is 10.6 Å². The molecule has 0 aliphatic rings. The van der Waals surface area contributed by atoms with E-state index < -0.39 is 0 Å². The van der Waals surface area contributed by atoms with E-state index in [-0.39, 0.29) is 11.4 Å². The van der Waals surface area contributed by atoms with Crippen LogP contribution >= 0.6 is 0 Å². The lowest BCUT2D eigenvalue weighted by Crippen LogP contribution is -2.30. The van der Waals surface area contributed by atoms with E-state index in [2.05, 4.69) is 36.5 Å². The Morgan fingerprint density at radius 2 is 1.70 bits per heavy atom. The summed E-state index contributed by atoms with van der Waals surface area (Å²) in [5.41, 5.74) is 4.09. The van der Waals surface area contributed by atoms with Crippen molar-refractivity contribution in [3.05, 3.63) is 78.1 Å². The number of rotatable bonds is 5. The molecule has 3 aromatic rings. The van der Waals surface area contributed by atoms with Gasteiger partial charge in [0.25, 0.3) is 0 Å². The van der Waals surface area contributed by atoms with E-state index in [1.165, 1.54) is 5.56 Å². The summed E-state index contributed by atoms with van der Waals surface area (Å²) in [6.07, 6.45) is 2.61. The Hall–Kier alpha value is -3.08. The number of carbonyl (C=O) groups is 1. The molecule has 1 aromatic heterocycles. The van der Waals surface area contributed by atoms with Crippen LogP contribution in [0.1, 0.15) is 32.0 Å². The zero-order valence-corrected chi connectivity index (χ0v) is 16.1. The third-order valence-electron chi connectivity index (χ3n) is 4.34. The lowest BCUT2D eigenvalue weighted by atomic mass is 9.87. The van der Waals surface area contributed by atoms with Crippen LogP contribution in [0.5, 0.6) is 0 Å². The molecule has 2 N–H and O–H groups in total. The van der Waals surface area contributed by atoms with Gasteiger partial charge in [-0.15, -0.1) is 0 Å². The van der Waals surface area contributed by atoms with E-state index in [9.17, 15) is 4.79 Å². The van der Waals surface area contributed by atoms with E-state index in [4.69, 9.17) is 0 Å². The van der Waals surface area contributed by atoms with Crippen molar-refractivity contribution in [1.29, 1.82) is 0 Å². The van der Waals surface area contributed by atoms with E-state index in [1.54, 1.807) is 0 Å². The zero-order valence-electron chi connectivity index (χ0n) is 16.1. The first-order valence-electron chi connectivity index (χ1n) is 9.17. The first-order valence-corrected chi connectivity index (χ1v) is 9.17. The van der Waals surface area contributed by atoms with E-state index in [1.807, 2.05) is 71.5 Å². The first kappa shape index (κ1) is 18.7. The van der Waals surface area contributed by atoms with Crippen LogP contribution in [-0.2, 0) is 11.8 Å². The number of nitrogens with zero attached hydrogens (tertiary/aromatic N) is 2. The molecule has 0 bridgehead atoms. The molecule has 0 saturated carbocycles. The number of hydrogen-bond donors (Lipinski definition) is 2. The summed E-state index contributed by atoms with van der Waals surface area (Å²) in [4.78, 5) is 12.1. The summed E-state index contributed by atoms with van der Waals surface area (Å²) in [5.74, 6) is 0. The Kier molecular flexibility index (Phi) is 5.60. The molecule has 5 nitrogen and oxygen atoms in total. The Morgan fingerprint density at radius 1 is 1.00 bits per heavy atom. The average Bonchev–Trinajstić information content (AvgIpc) is 3.11. The molecule has 0 aliphatic heterocycles. The number of urea groups is 1. The Balaban J connectivity index is 1.47. The standard InChI is InChI=1S/C22H26N4O/c1-22(2,3)17-9-11-18(12-10-17)24-21(27)23-15-13-19-14-16-26(25-19)20-7-5-4-6-8-20/h4-12,14,16H,13,15H2,1-3H3,(H2,23,24,27). The van der Waals surface area contributed by atoms with Crippen LogP contribution in [-0.4, -0.2) is 22.4 Å². The van der Waals surface area contributed by atoms with Crippen LogP contribution in [0, 0.1) is 0 Å². The summed E-state index contributed by atoms with van der Waals surface area (Å²) >= 11 is 0. The van der Waals surface area contributed by atoms with Crippen molar-refractivity contribution in [2.45, 2.75) is 32.6 Å². The second-order valence-corrected chi connectivity index (χ2v) is 7.55. The average molecular weight is 362 g/mol. The van der Waals surface area contributed by atoms with Gasteiger partial charge in [-0.3, -0.25) is 0 Å². The van der Waals surface area contributed by atoms with E-state index in [0.717, 1.165) is 17.1 Å². The lowest BCUT2D eigenvalue weighted by Gasteiger charge is -2.19. The van der Waals surface area contributed by atoms with Crippen LogP contribution in [0.25, 0.3) is 5.69 Å². The zero-order chi connectivity index (χ0) is 19.3. The molecule has 0 saturated heterocycles. The quantitative estimate of drug-likeness (QED) is 0.700. The number of anilines is 1. The van der Waals surface area contributed by atoms with Gasteiger partial charge in [-0.05, 0) is 41.3 Å². The SMILES string of the molecule is CC(C)(C)c1ccc(NC(=O)NCCc2ccn(-c3ccccc3)n2)cc1. The van der Waals surface area contributed by atoms with Crippen LogP contribution in [0.3, 0.4) is 0 Å². The van der Waals surface area contributed by atoms with Gasteiger partial charge in [0.1, 0.15) is 0 Å². The third kappa shape index (κ3) is 5.20. The minimum Gasteiger partial charge on any atom is -0.337 e. The highest BCUT2D eigenvalue weighted by Gasteiger charge is 2.13. The fraction of sp³-hybridized carbons (Fsp3) is 0.273. The molecule has 2 aromatic carbocycles. The van der Waals surface area contributed by atoms with Gasteiger partial charge >= 0.3 is 6.03 Å². The van der Waals surface area contributed by atoms with Gasteiger partial charge in [-0.2, -0.15) is 5.10 Å². The molecule has 140 valence electrons. The van der Waals surface area contributed by atoms with E-state index >= 15 is 0 Å². The fourth-order valence-electron chi connectivity index (χ4n) is 2.75. The largest absolute Gasteiger partial charge is 0.337 e. The summed E-state index contributed by atoms with van der Waals surface area (Å²) in [6, 6.07) is 19.7. The molecular formula is C22H26N4O. The van der Waals surface area contributed by atoms with Crippen LogP contribution in [0.2, 0.25) is 0 Å². The first-order chi connectivity index (χ1) is 12.9. The third-order valence-corrected chi connectivity index (χ3v) is 4.34. The number of benzene rings is 2. The second-order valence-electron chi connectivity index (χ2n) is 7.55. The molecule has 3 rings (SSSR count). The van der Waals surface area contributed by atoms with Crippen LogP contribution in [0.15, 0.2) is 66.9 Å². The molecule has 2 amide bonds. The smallest absolute Gasteiger partial charge is 0.319 e. The Morgan fingerprint density at radius 3 is 2.37 bits per heavy atom. The fourth-order valence-corrected chi connectivity index (χ4v) is 2.75. The van der Waals surface area contributed by atoms with Crippen molar-refractivity contribution in [3.63, 3.8) is 0 Å². The summed E-state index contributed by atoms with van der Waals surface area (Å²) < 4.78 is 1.84. The second kappa shape index (κ2) is 8.08. The number of aromatic nitrogens is 2. The number of para-hydroxylation sites is 1. The highest BCUT2D eigenvalue weighted by atomic mass is 16.2. The molecule has 0 atom stereocenters. The molecule has 0 aliphatic carbocycles. The summed E-state index contributed by atoms with van der Waals surface area (Å²) in [7, 11) is 0. The Labute approximate surface area is 160 Å². The predicted molar refractivity (Wildman–Crippen MR) is 109 cm³/mol. The maximum absolute atomic E-state index is 12.1. The number of nitrogens with one attached hydrogen (secondary N) is 2. The van der Waals surface area contributed by atoms with E-state index in [0.29, 0.717) is 13.0 Å². The van der Waals surface area contributed by atoms with Crippen LogP contribution in [0.4, 0.5) is 10.5 Å². The molecular weight excluding hydrogens is 336 g/mol. The van der Waals surface area contributed by atoms with Crippen molar-refractivity contribution in [2.75, 3.05) is 11.9 Å². The topological polar surface area (TPSA) is 59.0 Å². The lowest BCUT2D eigenvalue weighted by molar-refractivity contribution is 0.252. The minimum atomic E-state index is -0.207. The van der Waals surface area contributed by atoms with Crippen molar-refractivity contribution < 1.29 is 4.79 Å². The number of carbonyl (C=O) groups excluding carboxylic acids is 1. The van der Waals surface area contributed by atoms with Gasteiger partial charge in [-0.25, -0.2) is 9.48 Å². The monoisotopic (exact) mass is 362 g/mol. The summed E-state index contributed by atoms with van der Waals surface area (Å²) in [6.45, 7) is 7.03. The van der Waals surface area contributed by atoms with Gasteiger partial charge in [0.2, 0.25) is 0 Å². The molecule has 27 heavy (non-hydrogen) atoms. The van der Waals surface area contributed by atoms with Gasteiger partial charge in [-0.1, -0.05) is 51.1 Å². The molecule has 0 fully saturated rings. The van der Waals surface area contributed by atoms with Gasteiger partial charge in [0.05, 0.1) is 11.4 Å². The van der Waals surface area contributed by atoms with Gasteiger partial charge in [0, 0.05) is 24.8 Å². The highest BCUT2D eigenvalue weighted by Crippen LogP contribution is 2.23. The molecule has 1 heterocycles.